The second-order valence-corrected chi connectivity index (χ2v) is 10.1. The van der Waals surface area contributed by atoms with Gasteiger partial charge in [0.25, 0.3) is 0 Å². The van der Waals surface area contributed by atoms with E-state index in [2.05, 4.69) is 0 Å². The lowest BCUT2D eigenvalue weighted by Gasteiger charge is -2.31. The fourth-order valence-corrected chi connectivity index (χ4v) is 5.67. The van der Waals surface area contributed by atoms with E-state index < -0.39 is 16.0 Å². The number of carbonyl (C=O) groups is 1. The van der Waals surface area contributed by atoms with Crippen molar-refractivity contribution in [2.24, 2.45) is 0 Å². The number of rotatable bonds is 7. The van der Waals surface area contributed by atoms with E-state index in [1.54, 1.807) is 31.4 Å². The first-order valence-corrected chi connectivity index (χ1v) is 12.7. The minimum atomic E-state index is -3.67. The van der Waals surface area contributed by atoms with E-state index in [-0.39, 0.29) is 17.1 Å². The van der Waals surface area contributed by atoms with Crippen molar-refractivity contribution in [3.8, 4) is 5.75 Å². The van der Waals surface area contributed by atoms with Gasteiger partial charge >= 0.3 is 5.97 Å². The number of esters is 1. The molecule has 0 spiro atoms. The first-order chi connectivity index (χ1) is 16.0. The number of morpholine rings is 1. The molecule has 2 aliphatic rings. The van der Waals surface area contributed by atoms with E-state index in [9.17, 15) is 13.2 Å². The highest BCUT2D eigenvalue weighted by Gasteiger charge is 2.29. The van der Waals surface area contributed by atoms with Crippen molar-refractivity contribution in [1.82, 2.24) is 4.31 Å². The average Bonchev–Trinajstić information content (AvgIpc) is 2.88. The molecule has 8 nitrogen and oxygen atoms in total. The summed E-state index contributed by atoms with van der Waals surface area (Å²) in [7, 11) is -2.08. The Labute approximate surface area is 195 Å². The van der Waals surface area contributed by atoms with Crippen molar-refractivity contribution in [2.45, 2.75) is 30.8 Å². The molecule has 2 fully saturated rings. The number of piperidine rings is 1. The number of hydrogen-bond acceptors (Lipinski definition) is 7. The Kier molecular flexibility index (Phi) is 7.52. The molecular formula is C24H30N2O6S. The maximum atomic E-state index is 13.2. The second-order valence-electron chi connectivity index (χ2n) is 8.17. The first kappa shape index (κ1) is 23.5. The van der Waals surface area contributed by atoms with Crippen LogP contribution in [0.4, 0.5) is 5.69 Å². The fraction of sp³-hybridized carbons (Fsp3) is 0.458. The van der Waals surface area contributed by atoms with Crippen LogP contribution in [-0.2, 0) is 26.1 Å². The van der Waals surface area contributed by atoms with E-state index in [1.807, 2.05) is 17.0 Å². The molecular weight excluding hydrogens is 444 g/mol. The monoisotopic (exact) mass is 474 g/mol. The minimum Gasteiger partial charge on any atom is -0.497 e. The van der Waals surface area contributed by atoms with Crippen LogP contribution in [0.25, 0.3) is 0 Å². The highest BCUT2D eigenvalue weighted by atomic mass is 32.2. The highest BCUT2D eigenvalue weighted by molar-refractivity contribution is 7.89. The molecule has 0 aromatic heterocycles. The third-order valence-corrected chi connectivity index (χ3v) is 7.92. The van der Waals surface area contributed by atoms with Crippen LogP contribution < -0.4 is 9.64 Å². The summed E-state index contributed by atoms with van der Waals surface area (Å²) in [6.45, 7) is 3.43. The van der Waals surface area contributed by atoms with Gasteiger partial charge in [-0.3, -0.25) is 0 Å². The second kappa shape index (κ2) is 10.5. The Bertz CT molecular complexity index is 1060. The van der Waals surface area contributed by atoms with Gasteiger partial charge in [-0.25, -0.2) is 13.2 Å². The summed E-state index contributed by atoms with van der Waals surface area (Å²) in [4.78, 5) is 15.3. The highest BCUT2D eigenvalue weighted by Crippen LogP contribution is 2.29. The van der Waals surface area contributed by atoms with Crippen molar-refractivity contribution in [3.63, 3.8) is 0 Å². The lowest BCUT2D eigenvalue weighted by atomic mass is 10.1. The van der Waals surface area contributed by atoms with Gasteiger partial charge in [-0.05, 0) is 48.7 Å². The van der Waals surface area contributed by atoms with Crippen molar-refractivity contribution in [1.29, 1.82) is 0 Å². The van der Waals surface area contributed by atoms with Gasteiger partial charge < -0.3 is 19.1 Å². The van der Waals surface area contributed by atoms with Crippen molar-refractivity contribution in [3.05, 3.63) is 53.6 Å². The SMILES string of the molecule is COc1ccc(COC(=O)c2cc(S(=O)(=O)N3CCCCC3)ccc2N2CCOCC2)cc1. The zero-order valence-electron chi connectivity index (χ0n) is 18.9. The van der Waals surface area contributed by atoms with Crippen LogP contribution in [0, 0.1) is 0 Å². The lowest BCUT2D eigenvalue weighted by Crippen LogP contribution is -2.38. The zero-order chi connectivity index (χ0) is 23.3. The molecule has 0 radical (unpaired) electrons. The maximum Gasteiger partial charge on any atom is 0.340 e. The Morgan fingerprint density at radius 2 is 1.67 bits per heavy atom. The molecule has 4 rings (SSSR count). The largest absolute Gasteiger partial charge is 0.497 e. The summed E-state index contributed by atoms with van der Waals surface area (Å²) in [5.74, 6) is 0.165. The molecule has 2 saturated heterocycles. The molecule has 0 unspecified atom stereocenters. The summed E-state index contributed by atoms with van der Waals surface area (Å²) in [6, 6.07) is 12.0. The molecule has 2 aromatic rings. The van der Waals surface area contributed by atoms with E-state index in [1.165, 1.54) is 10.4 Å². The van der Waals surface area contributed by atoms with Gasteiger partial charge in [0.1, 0.15) is 12.4 Å². The van der Waals surface area contributed by atoms with Crippen LogP contribution in [-0.4, -0.2) is 65.2 Å². The van der Waals surface area contributed by atoms with Crippen LogP contribution in [0.5, 0.6) is 5.75 Å². The fourth-order valence-electron chi connectivity index (χ4n) is 4.12. The van der Waals surface area contributed by atoms with E-state index in [0.29, 0.717) is 45.1 Å². The molecule has 0 saturated carbocycles. The topological polar surface area (TPSA) is 85.4 Å². The smallest absolute Gasteiger partial charge is 0.340 e. The Morgan fingerprint density at radius 3 is 2.33 bits per heavy atom. The number of carbonyl (C=O) groups excluding carboxylic acids is 1. The molecule has 33 heavy (non-hydrogen) atoms. The molecule has 0 N–H and O–H groups in total. The molecule has 2 heterocycles. The number of benzene rings is 2. The Hall–Kier alpha value is -2.62. The lowest BCUT2D eigenvalue weighted by molar-refractivity contribution is 0.0472. The van der Waals surface area contributed by atoms with Crippen LogP contribution in [0.3, 0.4) is 0 Å². The van der Waals surface area contributed by atoms with Gasteiger partial charge in [-0.2, -0.15) is 4.31 Å². The van der Waals surface area contributed by atoms with Crippen LogP contribution in [0.15, 0.2) is 47.4 Å². The van der Waals surface area contributed by atoms with Crippen molar-refractivity contribution in [2.75, 3.05) is 51.4 Å². The first-order valence-electron chi connectivity index (χ1n) is 11.3. The summed E-state index contributed by atoms with van der Waals surface area (Å²) >= 11 is 0. The number of methoxy groups -OCH3 is 1. The van der Waals surface area contributed by atoms with E-state index >= 15 is 0 Å². The standard InChI is InChI=1S/C24H30N2O6S/c1-30-20-7-5-19(6-8-20)18-32-24(27)22-17-21(33(28,29)26-11-3-2-4-12-26)9-10-23(22)25-13-15-31-16-14-25/h5-10,17H,2-4,11-16,18H2,1H3. The minimum absolute atomic E-state index is 0.0779. The van der Waals surface area contributed by atoms with Crippen molar-refractivity contribution < 1.29 is 27.4 Å². The van der Waals surface area contributed by atoms with Gasteiger partial charge in [-0.15, -0.1) is 0 Å². The Morgan fingerprint density at radius 1 is 0.970 bits per heavy atom. The van der Waals surface area contributed by atoms with Crippen LogP contribution >= 0.6 is 0 Å². The van der Waals surface area contributed by atoms with Gasteiger partial charge in [0.2, 0.25) is 10.0 Å². The number of hydrogen-bond donors (Lipinski definition) is 0. The van der Waals surface area contributed by atoms with Crippen molar-refractivity contribution >= 4 is 21.7 Å². The molecule has 9 heteroatoms. The zero-order valence-corrected chi connectivity index (χ0v) is 19.7. The van der Waals surface area contributed by atoms with Crippen LogP contribution in [0.1, 0.15) is 35.2 Å². The summed E-state index contributed by atoms with van der Waals surface area (Å²) in [5, 5.41) is 0. The van der Waals surface area contributed by atoms with Gasteiger partial charge in [0.05, 0.1) is 36.5 Å². The van der Waals surface area contributed by atoms with Gasteiger partial charge in [0, 0.05) is 26.2 Å². The molecule has 0 amide bonds. The number of ether oxygens (including phenoxy) is 3. The Balaban J connectivity index is 1.60. The van der Waals surface area contributed by atoms with Gasteiger partial charge in [0.15, 0.2) is 0 Å². The number of sulfonamides is 1. The van der Waals surface area contributed by atoms with E-state index in [4.69, 9.17) is 14.2 Å². The predicted octanol–water partition coefficient (Wildman–Crippen LogP) is 3.06. The van der Waals surface area contributed by atoms with E-state index in [0.717, 1.165) is 30.6 Å². The number of nitrogens with zero attached hydrogens (tertiary/aromatic N) is 2. The molecule has 2 aromatic carbocycles. The quantitative estimate of drug-likeness (QED) is 0.570. The molecule has 2 aliphatic heterocycles. The maximum absolute atomic E-state index is 13.2. The van der Waals surface area contributed by atoms with Crippen LogP contribution in [0.2, 0.25) is 0 Å². The summed E-state index contributed by atoms with van der Waals surface area (Å²) in [6.07, 6.45) is 2.73. The molecule has 0 bridgehead atoms. The summed E-state index contributed by atoms with van der Waals surface area (Å²) in [5.41, 5.74) is 1.73. The average molecular weight is 475 g/mol. The summed E-state index contributed by atoms with van der Waals surface area (Å²) < 4.78 is 44.1. The molecule has 0 atom stereocenters. The third-order valence-electron chi connectivity index (χ3n) is 6.02. The predicted molar refractivity (Wildman–Crippen MR) is 124 cm³/mol. The third kappa shape index (κ3) is 5.48. The molecule has 0 aliphatic carbocycles. The normalized spacial score (nSPS) is 17.5. The molecule has 178 valence electrons. The number of anilines is 1. The van der Waals surface area contributed by atoms with Gasteiger partial charge in [-0.1, -0.05) is 18.6 Å².